The molecule has 2 rings (SSSR count). The highest BCUT2D eigenvalue weighted by atomic mass is 79.9. The molecule has 1 aliphatic heterocycles. The molecule has 1 atom stereocenters. The summed E-state index contributed by atoms with van der Waals surface area (Å²) in [7, 11) is 0. The van der Waals surface area contributed by atoms with E-state index < -0.39 is 0 Å². The van der Waals surface area contributed by atoms with Gasteiger partial charge in [0.05, 0.1) is 5.69 Å². The van der Waals surface area contributed by atoms with Gasteiger partial charge in [-0.15, -0.1) is 0 Å². The maximum absolute atomic E-state index is 3.64. The molecular weight excluding hydrogens is 238 g/mol. The van der Waals surface area contributed by atoms with Crippen molar-refractivity contribution in [3.05, 3.63) is 28.2 Å². The van der Waals surface area contributed by atoms with Crippen LogP contribution in [0.25, 0.3) is 0 Å². The van der Waals surface area contributed by atoms with Crippen LogP contribution in [0.1, 0.15) is 25.3 Å². The van der Waals surface area contributed by atoms with E-state index in [-0.39, 0.29) is 0 Å². The molecule has 76 valence electrons. The second kappa shape index (κ2) is 3.93. The Morgan fingerprint density at radius 1 is 1.43 bits per heavy atom. The highest BCUT2D eigenvalue weighted by Crippen LogP contribution is 2.32. The Balaban J connectivity index is 2.31. The van der Waals surface area contributed by atoms with Gasteiger partial charge in [-0.2, -0.15) is 0 Å². The van der Waals surface area contributed by atoms with E-state index in [0.29, 0.717) is 6.04 Å². The number of anilines is 1. The molecule has 0 amide bonds. The molecule has 2 heteroatoms. The van der Waals surface area contributed by atoms with Crippen molar-refractivity contribution in [2.45, 2.75) is 32.7 Å². The smallest absolute Gasteiger partial charge is 0.0513 e. The fourth-order valence-corrected chi connectivity index (χ4v) is 2.86. The lowest BCUT2D eigenvalue weighted by Crippen LogP contribution is -2.26. The molecule has 1 heterocycles. The first-order valence-corrected chi connectivity index (χ1v) is 6.00. The Morgan fingerprint density at radius 2 is 2.21 bits per heavy atom. The molecule has 0 aliphatic carbocycles. The van der Waals surface area contributed by atoms with Gasteiger partial charge in [0, 0.05) is 17.1 Å². The van der Waals surface area contributed by atoms with Crippen molar-refractivity contribution >= 4 is 21.6 Å². The Hall–Kier alpha value is -0.500. The van der Waals surface area contributed by atoms with Crippen molar-refractivity contribution in [3.63, 3.8) is 0 Å². The first-order valence-electron chi connectivity index (χ1n) is 5.21. The van der Waals surface area contributed by atoms with Gasteiger partial charge in [-0.05, 0) is 60.3 Å². The third-order valence-electron chi connectivity index (χ3n) is 2.97. The normalized spacial score (nSPS) is 21.6. The summed E-state index contributed by atoms with van der Waals surface area (Å²) in [6.45, 7) is 5.63. The molecule has 1 aromatic carbocycles. The van der Waals surface area contributed by atoms with Crippen LogP contribution in [0.15, 0.2) is 22.7 Å². The van der Waals surface area contributed by atoms with Gasteiger partial charge in [0.25, 0.3) is 0 Å². The molecule has 0 bridgehead atoms. The van der Waals surface area contributed by atoms with Gasteiger partial charge < -0.3 is 4.90 Å². The zero-order chi connectivity index (χ0) is 10.1. The van der Waals surface area contributed by atoms with Crippen LogP contribution in [0, 0.1) is 6.92 Å². The SMILES string of the molecule is Cc1ccc(N2CCCC2C)c(Br)c1. The summed E-state index contributed by atoms with van der Waals surface area (Å²) in [5, 5.41) is 0. The number of hydrogen-bond acceptors (Lipinski definition) is 1. The number of rotatable bonds is 1. The van der Waals surface area contributed by atoms with E-state index >= 15 is 0 Å². The number of hydrogen-bond donors (Lipinski definition) is 0. The molecule has 1 aromatic rings. The summed E-state index contributed by atoms with van der Waals surface area (Å²) < 4.78 is 1.23. The van der Waals surface area contributed by atoms with Crippen LogP contribution < -0.4 is 4.90 Å². The monoisotopic (exact) mass is 253 g/mol. The predicted molar refractivity (Wildman–Crippen MR) is 64.9 cm³/mol. The average molecular weight is 254 g/mol. The number of benzene rings is 1. The van der Waals surface area contributed by atoms with Gasteiger partial charge in [-0.25, -0.2) is 0 Å². The van der Waals surface area contributed by atoms with Crippen molar-refractivity contribution in [1.82, 2.24) is 0 Å². The molecule has 0 N–H and O–H groups in total. The fourth-order valence-electron chi connectivity index (χ4n) is 2.14. The molecular formula is C12H16BrN. The van der Waals surface area contributed by atoms with Crippen LogP contribution in [0.2, 0.25) is 0 Å². The second-order valence-electron chi connectivity index (χ2n) is 4.14. The molecule has 0 radical (unpaired) electrons. The third kappa shape index (κ3) is 1.81. The van der Waals surface area contributed by atoms with Crippen LogP contribution in [-0.2, 0) is 0 Å². The van der Waals surface area contributed by atoms with Crippen molar-refractivity contribution in [2.75, 3.05) is 11.4 Å². The summed E-state index contributed by atoms with van der Waals surface area (Å²) in [6, 6.07) is 7.29. The van der Waals surface area contributed by atoms with Crippen LogP contribution in [0.3, 0.4) is 0 Å². The molecule has 0 spiro atoms. The van der Waals surface area contributed by atoms with Crippen LogP contribution >= 0.6 is 15.9 Å². The molecule has 14 heavy (non-hydrogen) atoms. The van der Waals surface area contributed by atoms with E-state index in [1.807, 2.05) is 0 Å². The fraction of sp³-hybridized carbons (Fsp3) is 0.500. The summed E-state index contributed by atoms with van der Waals surface area (Å²) in [4.78, 5) is 2.49. The first kappa shape index (κ1) is 10.0. The highest BCUT2D eigenvalue weighted by molar-refractivity contribution is 9.10. The highest BCUT2D eigenvalue weighted by Gasteiger charge is 2.21. The van der Waals surface area contributed by atoms with Crippen molar-refractivity contribution in [2.24, 2.45) is 0 Å². The van der Waals surface area contributed by atoms with Crippen LogP contribution in [0.5, 0.6) is 0 Å². The van der Waals surface area contributed by atoms with E-state index in [1.165, 1.54) is 35.1 Å². The van der Waals surface area contributed by atoms with Crippen molar-refractivity contribution < 1.29 is 0 Å². The lowest BCUT2D eigenvalue weighted by atomic mass is 10.2. The molecule has 0 saturated carbocycles. The van der Waals surface area contributed by atoms with Gasteiger partial charge in [0.1, 0.15) is 0 Å². The number of nitrogens with zero attached hydrogens (tertiary/aromatic N) is 1. The molecule has 1 nitrogen and oxygen atoms in total. The zero-order valence-electron chi connectivity index (χ0n) is 8.76. The predicted octanol–water partition coefficient (Wildman–Crippen LogP) is 3.75. The van der Waals surface area contributed by atoms with Gasteiger partial charge in [-0.1, -0.05) is 6.07 Å². The van der Waals surface area contributed by atoms with Gasteiger partial charge in [-0.3, -0.25) is 0 Å². The summed E-state index contributed by atoms with van der Waals surface area (Å²) in [5.74, 6) is 0. The molecule has 1 aliphatic rings. The van der Waals surface area contributed by atoms with Gasteiger partial charge in [0.2, 0.25) is 0 Å². The first-order chi connectivity index (χ1) is 6.68. The molecule has 0 aromatic heterocycles. The molecule has 1 fully saturated rings. The van der Waals surface area contributed by atoms with Crippen LogP contribution in [0.4, 0.5) is 5.69 Å². The second-order valence-corrected chi connectivity index (χ2v) is 4.99. The van der Waals surface area contributed by atoms with Crippen molar-refractivity contribution in [3.8, 4) is 0 Å². The number of aryl methyl sites for hydroxylation is 1. The Morgan fingerprint density at radius 3 is 2.79 bits per heavy atom. The maximum Gasteiger partial charge on any atom is 0.0513 e. The van der Waals surface area contributed by atoms with E-state index in [9.17, 15) is 0 Å². The summed E-state index contributed by atoms with van der Waals surface area (Å²) in [5.41, 5.74) is 2.66. The summed E-state index contributed by atoms with van der Waals surface area (Å²) in [6.07, 6.45) is 2.64. The largest absolute Gasteiger partial charge is 0.368 e. The molecule has 1 unspecified atom stereocenters. The van der Waals surface area contributed by atoms with Gasteiger partial charge >= 0.3 is 0 Å². The number of halogens is 1. The standard InChI is InChI=1S/C12H16BrN/c1-9-5-6-12(11(13)8-9)14-7-3-4-10(14)2/h5-6,8,10H,3-4,7H2,1-2H3. The minimum Gasteiger partial charge on any atom is -0.368 e. The summed E-state index contributed by atoms with van der Waals surface area (Å²) >= 11 is 3.64. The Kier molecular flexibility index (Phi) is 2.82. The van der Waals surface area contributed by atoms with E-state index in [2.05, 4.69) is 52.9 Å². The van der Waals surface area contributed by atoms with E-state index in [1.54, 1.807) is 0 Å². The maximum atomic E-state index is 3.64. The Bertz CT molecular complexity index is 335. The molecule has 1 saturated heterocycles. The third-order valence-corrected chi connectivity index (χ3v) is 3.60. The quantitative estimate of drug-likeness (QED) is 0.737. The Labute approximate surface area is 94.2 Å². The van der Waals surface area contributed by atoms with E-state index in [4.69, 9.17) is 0 Å². The van der Waals surface area contributed by atoms with E-state index in [0.717, 1.165) is 0 Å². The average Bonchev–Trinajstić information content (AvgIpc) is 2.52. The van der Waals surface area contributed by atoms with Gasteiger partial charge in [0.15, 0.2) is 0 Å². The van der Waals surface area contributed by atoms with Crippen LogP contribution in [-0.4, -0.2) is 12.6 Å². The zero-order valence-corrected chi connectivity index (χ0v) is 10.3. The van der Waals surface area contributed by atoms with Crippen molar-refractivity contribution in [1.29, 1.82) is 0 Å². The minimum atomic E-state index is 0.689. The minimum absolute atomic E-state index is 0.689. The lowest BCUT2D eigenvalue weighted by molar-refractivity contribution is 0.734. The topological polar surface area (TPSA) is 3.24 Å². The lowest BCUT2D eigenvalue weighted by Gasteiger charge is -2.25.